The van der Waals surface area contributed by atoms with Gasteiger partial charge in [0, 0.05) is 0 Å². The lowest BCUT2D eigenvalue weighted by Gasteiger charge is -2.29. The molecule has 0 spiro atoms. The van der Waals surface area contributed by atoms with Gasteiger partial charge in [-0.2, -0.15) is 0 Å². The monoisotopic (exact) mass is 311 g/mol. The van der Waals surface area contributed by atoms with E-state index < -0.39 is 0 Å². The van der Waals surface area contributed by atoms with Crippen LogP contribution in [0.25, 0.3) is 5.57 Å². The minimum absolute atomic E-state index is 0.202. The van der Waals surface area contributed by atoms with Crippen LogP contribution in [0.5, 0.6) is 11.5 Å². The van der Waals surface area contributed by atoms with E-state index in [0.717, 1.165) is 17.4 Å². The fraction of sp³-hybridized carbons (Fsp3) is 0.167. The highest BCUT2D eigenvalue weighted by Crippen LogP contribution is 2.40. The maximum atomic E-state index is 12.3. The van der Waals surface area contributed by atoms with Gasteiger partial charge in [0.25, 0.3) is 5.91 Å². The van der Waals surface area contributed by atoms with Gasteiger partial charge in [-0.15, -0.1) is 0 Å². The minimum atomic E-state index is -0.332. The van der Waals surface area contributed by atoms with Crippen LogP contribution in [0, 0.1) is 0 Å². The number of carbonyl (C=O) groups excluding carboxylic acids is 1. The molecule has 0 bridgehead atoms. The molecule has 0 aliphatic carbocycles. The molecule has 5 heteroatoms. The van der Waals surface area contributed by atoms with Gasteiger partial charge in [0.05, 0.1) is 32.1 Å². The Bertz CT molecular complexity index is 768. The summed E-state index contributed by atoms with van der Waals surface area (Å²) in [5.41, 5.74) is 2.62. The van der Waals surface area contributed by atoms with Crippen molar-refractivity contribution in [2.45, 2.75) is 6.04 Å². The molecule has 2 N–H and O–H groups in total. The predicted octanol–water partition coefficient (Wildman–Crippen LogP) is 2.82. The van der Waals surface area contributed by atoms with Crippen LogP contribution >= 0.6 is 0 Å². The smallest absolute Gasteiger partial charge is 0.255 e. The maximum absolute atomic E-state index is 12.3. The highest BCUT2D eigenvalue weighted by molar-refractivity contribution is 6.21. The molecule has 0 aromatic heterocycles. The fourth-order valence-corrected chi connectivity index (χ4v) is 2.81. The van der Waals surface area contributed by atoms with E-state index in [1.165, 1.54) is 7.11 Å². The Morgan fingerprint density at radius 1 is 1.09 bits per heavy atom. The number of hydrogen-bond acceptors (Lipinski definition) is 4. The molecule has 23 heavy (non-hydrogen) atoms. The molecule has 3 rings (SSSR count). The summed E-state index contributed by atoms with van der Waals surface area (Å²) in [5, 5.41) is 12.4. The van der Waals surface area contributed by atoms with E-state index in [0.29, 0.717) is 17.1 Å². The Balaban J connectivity index is 2.23. The van der Waals surface area contributed by atoms with Gasteiger partial charge in [0.2, 0.25) is 0 Å². The summed E-state index contributed by atoms with van der Waals surface area (Å²) in [6.45, 7) is 0. The van der Waals surface area contributed by atoms with Crippen molar-refractivity contribution in [1.29, 1.82) is 0 Å². The number of aliphatic hydroxyl groups is 1. The Kier molecular flexibility index (Phi) is 3.93. The van der Waals surface area contributed by atoms with Crippen molar-refractivity contribution in [2.24, 2.45) is 0 Å². The Hall–Kier alpha value is -2.95. The van der Waals surface area contributed by atoms with Crippen LogP contribution in [0.3, 0.4) is 0 Å². The SMILES string of the molecule is COc1cc2c(cc1OC)C(c1ccccc1)NC(=O)/C2=C\O. The van der Waals surface area contributed by atoms with E-state index in [-0.39, 0.29) is 17.5 Å². The second kappa shape index (κ2) is 6.04. The number of methoxy groups -OCH3 is 2. The number of aliphatic hydroxyl groups excluding tert-OH is 1. The molecule has 118 valence electrons. The number of carbonyl (C=O) groups is 1. The van der Waals surface area contributed by atoms with Gasteiger partial charge in [0.15, 0.2) is 11.5 Å². The quantitative estimate of drug-likeness (QED) is 0.675. The molecule has 0 saturated heterocycles. The van der Waals surface area contributed by atoms with E-state index in [4.69, 9.17) is 9.47 Å². The maximum Gasteiger partial charge on any atom is 0.255 e. The standard InChI is InChI=1S/C18H17NO4/c1-22-15-8-12-13(9-16(15)23-2)17(11-6-4-3-5-7-11)19-18(21)14(12)10-20/h3-10,17,20H,1-2H3,(H,19,21)/b14-10-. The number of amides is 1. The number of rotatable bonds is 3. The lowest BCUT2D eigenvalue weighted by Crippen LogP contribution is -2.35. The number of fused-ring (bicyclic) bond motifs is 1. The third-order valence-electron chi connectivity index (χ3n) is 3.94. The van der Waals surface area contributed by atoms with Crippen molar-refractivity contribution < 1.29 is 19.4 Å². The number of hydrogen-bond donors (Lipinski definition) is 2. The topological polar surface area (TPSA) is 67.8 Å². The molecule has 5 nitrogen and oxygen atoms in total. The van der Waals surface area contributed by atoms with Crippen molar-refractivity contribution >= 4 is 11.5 Å². The summed E-state index contributed by atoms with van der Waals surface area (Å²) in [6, 6.07) is 12.9. The summed E-state index contributed by atoms with van der Waals surface area (Å²) >= 11 is 0. The largest absolute Gasteiger partial charge is 0.515 e. The number of benzene rings is 2. The van der Waals surface area contributed by atoms with E-state index >= 15 is 0 Å². The van der Waals surface area contributed by atoms with Crippen molar-refractivity contribution in [3.05, 3.63) is 65.4 Å². The van der Waals surface area contributed by atoms with Gasteiger partial charge < -0.3 is 19.9 Å². The molecule has 0 saturated carbocycles. The third kappa shape index (κ3) is 2.50. The number of ether oxygens (including phenoxy) is 2. The van der Waals surface area contributed by atoms with Crippen LogP contribution in [0.4, 0.5) is 0 Å². The molecule has 1 unspecified atom stereocenters. The predicted molar refractivity (Wildman–Crippen MR) is 86.6 cm³/mol. The van der Waals surface area contributed by atoms with E-state index in [2.05, 4.69) is 5.32 Å². The van der Waals surface area contributed by atoms with Gasteiger partial charge in [-0.05, 0) is 28.8 Å². The average Bonchev–Trinajstić information content (AvgIpc) is 2.60. The molecule has 1 aliphatic heterocycles. The van der Waals surface area contributed by atoms with Crippen molar-refractivity contribution in [3.63, 3.8) is 0 Å². The van der Waals surface area contributed by atoms with E-state index in [1.807, 2.05) is 36.4 Å². The first kappa shape index (κ1) is 15.0. The third-order valence-corrected chi connectivity index (χ3v) is 3.94. The molecule has 1 aliphatic rings. The summed E-state index contributed by atoms with van der Waals surface area (Å²) in [4.78, 5) is 12.3. The molecule has 0 fully saturated rings. The van der Waals surface area contributed by atoms with Crippen LogP contribution in [-0.2, 0) is 4.79 Å². The molecule has 0 radical (unpaired) electrons. The van der Waals surface area contributed by atoms with Crippen LogP contribution in [0.15, 0.2) is 48.7 Å². The van der Waals surface area contributed by atoms with Crippen LogP contribution < -0.4 is 14.8 Å². The summed E-state index contributed by atoms with van der Waals surface area (Å²) in [5.74, 6) is 0.744. The van der Waals surface area contributed by atoms with Gasteiger partial charge in [-0.3, -0.25) is 4.79 Å². The van der Waals surface area contributed by atoms with Gasteiger partial charge in [-0.1, -0.05) is 30.3 Å². The fourth-order valence-electron chi connectivity index (χ4n) is 2.81. The first-order chi connectivity index (χ1) is 11.2. The first-order valence-electron chi connectivity index (χ1n) is 7.16. The Morgan fingerprint density at radius 3 is 2.35 bits per heavy atom. The van der Waals surface area contributed by atoms with Gasteiger partial charge >= 0.3 is 0 Å². The lowest BCUT2D eigenvalue weighted by molar-refractivity contribution is -0.116. The molecule has 1 amide bonds. The van der Waals surface area contributed by atoms with Gasteiger partial charge in [-0.25, -0.2) is 0 Å². The minimum Gasteiger partial charge on any atom is -0.515 e. The van der Waals surface area contributed by atoms with Crippen LogP contribution in [0.1, 0.15) is 22.7 Å². The van der Waals surface area contributed by atoms with E-state index in [1.54, 1.807) is 13.2 Å². The zero-order chi connectivity index (χ0) is 16.4. The average molecular weight is 311 g/mol. The molecule has 1 atom stereocenters. The second-order valence-corrected chi connectivity index (χ2v) is 5.15. The van der Waals surface area contributed by atoms with E-state index in [9.17, 15) is 9.90 Å². The molecule has 2 aromatic carbocycles. The Labute approximate surface area is 134 Å². The summed E-state index contributed by atoms with van der Waals surface area (Å²) in [7, 11) is 3.09. The van der Waals surface area contributed by atoms with Crippen LogP contribution in [-0.4, -0.2) is 25.2 Å². The van der Waals surface area contributed by atoms with Crippen LogP contribution in [0.2, 0.25) is 0 Å². The second-order valence-electron chi connectivity index (χ2n) is 5.15. The molecular weight excluding hydrogens is 294 g/mol. The lowest BCUT2D eigenvalue weighted by atomic mass is 9.86. The molecule has 1 heterocycles. The zero-order valence-corrected chi connectivity index (χ0v) is 12.9. The summed E-state index contributed by atoms with van der Waals surface area (Å²) < 4.78 is 10.7. The Morgan fingerprint density at radius 2 is 1.74 bits per heavy atom. The number of nitrogens with one attached hydrogen (secondary N) is 1. The summed E-state index contributed by atoms with van der Waals surface area (Å²) in [6.07, 6.45) is 0.821. The van der Waals surface area contributed by atoms with Crippen molar-refractivity contribution in [1.82, 2.24) is 5.32 Å². The molecule has 2 aromatic rings. The van der Waals surface area contributed by atoms with Crippen molar-refractivity contribution in [2.75, 3.05) is 14.2 Å². The van der Waals surface area contributed by atoms with Gasteiger partial charge in [0.1, 0.15) is 0 Å². The highest BCUT2D eigenvalue weighted by atomic mass is 16.5. The zero-order valence-electron chi connectivity index (χ0n) is 12.9. The first-order valence-corrected chi connectivity index (χ1v) is 7.16. The normalized spacial score (nSPS) is 18.3. The highest BCUT2D eigenvalue weighted by Gasteiger charge is 2.31. The molecular formula is C18H17NO4. The van der Waals surface area contributed by atoms with Crippen molar-refractivity contribution in [3.8, 4) is 11.5 Å².